The van der Waals surface area contributed by atoms with Crippen LogP contribution in [0.4, 0.5) is 11.4 Å². The molecule has 0 fully saturated rings. The van der Waals surface area contributed by atoms with E-state index in [2.05, 4.69) is 5.32 Å². The molecule has 1 N–H and O–H groups in total. The molecule has 6 nitrogen and oxygen atoms in total. The number of sulfone groups is 1. The predicted molar refractivity (Wildman–Crippen MR) is 116 cm³/mol. The molecule has 1 unspecified atom stereocenters. The Kier molecular flexibility index (Phi) is 6.33. The third-order valence-corrected chi connectivity index (χ3v) is 7.87. The summed E-state index contributed by atoms with van der Waals surface area (Å²) in [6.45, 7) is 3.60. The number of thioether (sulfide) groups is 1. The van der Waals surface area contributed by atoms with E-state index in [1.807, 2.05) is 24.5 Å². The van der Waals surface area contributed by atoms with Crippen LogP contribution in [-0.4, -0.2) is 38.3 Å². The number of hydrogen-bond donors (Lipinski definition) is 1. The van der Waals surface area contributed by atoms with E-state index in [1.54, 1.807) is 41.8 Å². The Morgan fingerprint density at radius 2 is 1.97 bits per heavy atom. The predicted octanol–water partition coefficient (Wildman–Crippen LogP) is 3.51. The lowest BCUT2D eigenvalue weighted by Crippen LogP contribution is -2.26. The van der Waals surface area contributed by atoms with Gasteiger partial charge in [-0.05, 0) is 61.6 Å². The van der Waals surface area contributed by atoms with Crippen molar-refractivity contribution in [2.75, 3.05) is 23.0 Å². The molecule has 0 saturated carbocycles. The van der Waals surface area contributed by atoms with Gasteiger partial charge in [0.2, 0.25) is 11.8 Å². The van der Waals surface area contributed by atoms with Crippen LogP contribution >= 0.6 is 11.8 Å². The summed E-state index contributed by atoms with van der Waals surface area (Å²) in [5.74, 6) is -0.404. The number of carbonyl (C=O) groups is 2. The van der Waals surface area contributed by atoms with Gasteiger partial charge in [-0.3, -0.25) is 9.59 Å². The Labute approximate surface area is 175 Å². The van der Waals surface area contributed by atoms with Crippen molar-refractivity contribution >= 4 is 44.8 Å². The monoisotopic (exact) mass is 432 g/mol. The van der Waals surface area contributed by atoms with Gasteiger partial charge in [-0.25, -0.2) is 8.42 Å². The van der Waals surface area contributed by atoms with Gasteiger partial charge in [0.25, 0.3) is 0 Å². The van der Waals surface area contributed by atoms with Crippen LogP contribution in [0.25, 0.3) is 0 Å². The fourth-order valence-electron chi connectivity index (χ4n) is 3.40. The Morgan fingerprint density at radius 1 is 1.21 bits per heavy atom. The zero-order valence-corrected chi connectivity index (χ0v) is 18.3. The Bertz CT molecular complexity index is 1050. The second-order valence-corrected chi connectivity index (χ2v) is 10.3. The van der Waals surface area contributed by atoms with Crippen LogP contribution in [0, 0.1) is 0 Å². The number of rotatable bonds is 6. The van der Waals surface area contributed by atoms with Gasteiger partial charge in [0, 0.05) is 36.2 Å². The summed E-state index contributed by atoms with van der Waals surface area (Å²) in [6, 6.07) is 12.2. The summed E-state index contributed by atoms with van der Waals surface area (Å²) in [5.41, 5.74) is 2.25. The third-order valence-electron chi connectivity index (χ3n) is 5.01. The van der Waals surface area contributed by atoms with Gasteiger partial charge in [-0.15, -0.1) is 11.8 Å². The maximum atomic E-state index is 13.0. The minimum absolute atomic E-state index is 0.0602. The van der Waals surface area contributed by atoms with Crippen molar-refractivity contribution in [2.24, 2.45) is 0 Å². The Balaban J connectivity index is 1.72. The molecule has 0 saturated heterocycles. The molecule has 8 heteroatoms. The van der Waals surface area contributed by atoms with Crippen LogP contribution in [0.2, 0.25) is 0 Å². The van der Waals surface area contributed by atoms with Crippen LogP contribution in [0.3, 0.4) is 0 Å². The first kappa shape index (κ1) is 21.4. The zero-order valence-electron chi connectivity index (χ0n) is 16.6. The highest BCUT2D eigenvalue weighted by Gasteiger charge is 2.29. The van der Waals surface area contributed by atoms with Gasteiger partial charge in [-0.2, -0.15) is 0 Å². The summed E-state index contributed by atoms with van der Waals surface area (Å²) in [6.07, 6.45) is 2.43. The molecule has 0 bridgehead atoms. The van der Waals surface area contributed by atoms with Crippen molar-refractivity contribution in [1.29, 1.82) is 0 Å². The summed E-state index contributed by atoms with van der Waals surface area (Å²) in [7, 11) is -3.67. The lowest BCUT2D eigenvalue weighted by atomic mass is 10.2. The third kappa shape index (κ3) is 4.64. The number of fused-ring (bicyclic) bond motifs is 1. The molecule has 0 radical (unpaired) electrons. The van der Waals surface area contributed by atoms with E-state index in [9.17, 15) is 18.0 Å². The van der Waals surface area contributed by atoms with Crippen molar-refractivity contribution in [3.63, 3.8) is 0 Å². The van der Waals surface area contributed by atoms with Crippen LogP contribution in [0.5, 0.6) is 0 Å². The van der Waals surface area contributed by atoms with Gasteiger partial charge in [-0.1, -0.05) is 6.07 Å². The SMILES string of the molecule is CSc1cccc(NC(=O)CC(C)S(=O)(=O)c2ccc3c(c2)CCN3C(C)=O)c1. The lowest BCUT2D eigenvalue weighted by molar-refractivity contribution is -0.117. The standard InChI is InChI=1S/C21H24N2O4S2/c1-14(11-21(25)22-17-5-4-6-18(13-17)28-3)29(26,27)19-7-8-20-16(12-19)9-10-23(20)15(2)24/h4-8,12-14H,9-11H2,1-3H3,(H,22,25). The summed E-state index contributed by atoms with van der Waals surface area (Å²) in [5, 5.41) is 1.90. The number of nitrogens with one attached hydrogen (secondary N) is 1. The fourth-order valence-corrected chi connectivity index (χ4v) is 5.26. The number of benzene rings is 2. The molecule has 0 aliphatic carbocycles. The first-order valence-electron chi connectivity index (χ1n) is 9.31. The molecule has 154 valence electrons. The van der Waals surface area contributed by atoms with Crippen LogP contribution < -0.4 is 10.2 Å². The molecular weight excluding hydrogens is 408 g/mol. The smallest absolute Gasteiger partial charge is 0.225 e. The molecule has 1 heterocycles. The first-order chi connectivity index (χ1) is 13.7. The number of nitrogens with zero attached hydrogens (tertiary/aromatic N) is 1. The number of hydrogen-bond acceptors (Lipinski definition) is 5. The van der Waals surface area contributed by atoms with Crippen molar-refractivity contribution in [3.05, 3.63) is 48.0 Å². The average molecular weight is 433 g/mol. The molecule has 2 aromatic rings. The normalized spacial score (nSPS) is 14.4. The Morgan fingerprint density at radius 3 is 2.66 bits per heavy atom. The average Bonchev–Trinajstić information content (AvgIpc) is 3.11. The van der Waals surface area contributed by atoms with E-state index < -0.39 is 15.1 Å². The molecular formula is C21H24N2O4S2. The van der Waals surface area contributed by atoms with Crippen LogP contribution in [0.15, 0.2) is 52.3 Å². The van der Waals surface area contributed by atoms with Gasteiger partial charge in [0.15, 0.2) is 9.84 Å². The van der Waals surface area contributed by atoms with Crippen molar-refractivity contribution < 1.29 is 18.0 Å². The first-order valence-corrected chi connectivity index (χ1v) is 12.1. The minimum Gasteiger partial charge on any atom is -0.326 e. The molecule has 0 spiro atoms. The molecule has 1 atom stereocenters. The largest absolute Gasteiger partial charge is 0.326 e. The zero-order chi connectivity index (χ0) is 21.2. The quantitative estimate of drug-likeness (QED) is 0.706. The van der Waals surface area contributed by atoms with Crippen molar-refractivity contribution in [3.8, 4) is 0 Å². The highest BCUT2D eigenvalue weighted by atomic mass is 32.2. The topological polar surface area (TPSA) is 83.6 Å². The van der Waals surface area contributed by atoms with Gasteiger partial charge in [0.05, 0.1) is 10.1 Å². The van der Waals surface area contributed by atoms with E-state index in [-0.39, 0.29) is 23.1 Å². The Hall–Kier alpha value is -2.32. The van der Waals surface area contributed by atoms with Crippen molar-refractivity contribution in [2.45, 2.75) is 41.7 Å². The maximum absolute atomic E-state index is 13.0. The summed E-state index contributed by atoms with van der Waals surface area (Å²) < 4.78 is 25.9. The second kappa shape index (κ2) is 8.59. The highest BCUT2D eigenvalue weighted by Crippen LogP contribution is 2.31. The number of amides is 2. The molecule has 0 aromatic heterocycles. The van der Waals surface area contributed by atoms with Crippen molar-refractivity contribution in [1.82, 2.24) is 0 Å². The van der Waals surface area contributed by atoms with Crippen LogP contribution in [0.1, 0.15) is 25.8 Å². The van der Waals surface area contributed by atoms with Gasteiger partial charge < -0.3 is 10.2 Å². The van der Waals surface area contributed by atoms with E-state index in [0.717, 1.165) is 16.1 Å². The molecule has 29 heavy (non-hydrogen) atoms. The lowest BCUT2D eigenvalue weighted by Gasteiger charge is -2.16. The number of anilines is 2. The molecule has 1 aliphatic rings. The summed E-state index contributed by atoms with van der Waals surface area (Å²) >= 11 is 1.57. The van der Waals surface area contributed by atoms with E-state index in [4.69, 9.17) is 0 Å². The molecule has 2 amide bonds. The van der Waals surface area contributed by atoms with E-state index in [1.165, 1.54) is 13.0 Å². The van der Waals surface area contributed by atoms with Gasteiger partial charge >= 0.3 is 0 Å². The molecule has 2 aromatic carbocycles. The van der Waals surface area contributed by atoms with Gasteiger partial charge in [0.1, 0.15) is 0 Å². The maximum Gasteiger partial charge on any atom is 0.225 e. The van der Waals surface area contributed by atoms with E-state index in [0.29, 0.717) is 18.7 Å². The number of carbonyl (C=O) groups excluding carboxylic acids is 2. The van der Waals surface area contributed by atoms with Crippen LogP contribution in [-0.2, 0) is 25.8 Å². The minimum atomic E-state index is -3.67. The summed E-state index contributed by atoms with van der Waals surface area (Å²) in [4.78, 5) is 26.9. The highest BCUT2D eigenvalue weighted by molar-refractivity contribution is 7.98. The second-order valence-electron chi connectivity index (χ2n) is 7.05. The molecule has 3 rings (SSSR count). The van der Waals surface area contributed by atoms with E-state index >= 15 is 0 Å². The fraction of sp³-hybridized carbons (Fsp3) is 0.333. The molecule has 1 aliphatic heterocycles.